The molecule has 1 aliphatic heterocycles. The van der Waals surface area contributed by atoms with E-state index >= 15 is 0 Å². The molecule has 2 atom stereocenters. The SMILES string of the molecule is CN1CCOC(c2noc(CC(O)c3ccccc3)n2)C1. The molecule has 3 rings (SSSR count). The van der Waals surface area contributed by atoms with E-state index in [2.05, 4.69) is 15.0 Å². The van der Waals surface area contributed by atoms with Crippen molar-refractivity contribution in [2.45, 2.75) is 18.6 Å². The number of aliphatic hydroxyl groups is 1. The predicted octanol–water partition coefficient (Wildman–Crippen LogP) is 1.35. The lowest BCUT2D eigenvalue weighted by molar-refractivity contribution is -0.0264. The highest BCUT2D eigenvalue weighted by Crippen LogP contribution is 2.21. The van der Waals surface area contributed by atoms with Crippen molar-refractivity contribution in [1.29, 1.82) is 0 Å². The molecule has 6 nitrogen and oxygen atoms in total. The Hall–Kier alpha value is -1.76. The molecule has 0 radical (unpaired) electrons. The topological polar surface area (TPSA) is 71.6 Å². The van der Waals surface area contributed by atoms with E-state index in [4.69, 9.17) is 9.26 Å². The van der Waals surface area contributed by atoms with E-state index in [1.807, 2.05) is 37.4 Å². The third-order valence-electron chi connectivity index (χ3n) is 3.59. The third-order valence-corrected chi connectivity index (χ3v) is 3.59. The number of aliphatic hydroxyl groups excluding tert-OH is 1. The van der Waals surface area contributed by atoms with E-state index in [0.29, 0.717) is 24.7 Å². The molecular weight excluding hydrogens is 270 g/mol. The summed E-state index contributed by atoms with van der Waals surface area (Å²) in [5, 5.41) is 14.1. The van der Waals surface area contributed by atoms with Crippen LogP contribution in [0.1, 0.15) is 29.5 Å². The Morgan fingerprint density at radius 2 is 2.19 bits per heavy atom. The summed E-state index contributed by atoms with van der Waals surface area (Å²) in [4.78, 5) is 6.51. The monoisotopic (exact) mass is 289 g/mol. The van der Waals surface area contributed by atoms with E-state index in [1.54, 1.807) is 0 Å². The second kappa shape index (κ2) is 6.34. The van der Waals surface area contributed by atoms with Gasteiger partial charge in [0.25, 0.3) is 0 Å². The van der Waals surface area contributed by atoms with Crippen LogP contribution in [0.5, 0.6) is 0 Å². The second-order valence-electron chi connectivity index (χ2n) is 5.30. The van der Waals surface area contributed by atoms with Crippen molar-refractivity contribution in [3.8, 4) is 0 Å². The molecule has 112 valence electrons. The van der Waals surface area contributed by atoms with Crippen LogP contribution in [0.3, 0.4) is 0 Å². The zero-order valence-electron chi connectivity index (χ0n) is 12.0. The van der Waals surface area contributed by atoms with E-state index in [9.17, 15) is 5.11 Å². The first kappa shape index (κ1) is 14.2. The van der Waals surface area contributed by atoms with Gasteiger partial charge < -0.3 is 19.3 Å². The largest absolute Gasteiger partial charge is 0.388 e. The summed E-state index contributed by atoms with van der Waals surface area (Å²) in [6.07, 6.45) is -0.496. The number of likely N-dealkylation sites (N-methyl/N-ethyl adjacent to an activating group) is 1. The van der Waals surface area contributed by atoms with Crippen LogP contribution >= 0.6 is 0 Å². The van der Waals surface area contributed by atoms with Gasteiger partial charge in [-0.1, -0.05) is 35.5 Å². The average molecular weight is 289 g/mol. The van der Waals surface area contributed by atoms with E-state index in [1.165, 1.54) is 0 Å². The van der Waals surface area contributed by atoms with Gasteiger partial charge in [-0.2, -0.15) is 4.98 Å². The quantitative estimate of drug-likeness (QED) is 0.916. The molecule has 0 amide bonds. The number of ether oxygens (including phenoxy) is 1. The molecule has 0 saturated carbocycles. The predicted molar refractivity (Wildman–Crippen MR) is 75.6 cm³/mol. The van der Waals surface area contributed by atoms with Gasteiger partial charge in [-0.25, -0.2) is 0 Å². The summed E-state index contributed by atoms with van der Waals surface area (Å²) < 4.78 is 10.9. The molecule has 0 spiro atoms. The fraction of sp³-hybridized carbons (Fsp3) is 0.467. The molecule has 2 heterocycles. The molecule has 2 aromatic rings. The number of nitrogens with zero attached hydrogens (tertiary/aromatic N) is 3. The normalized spacial score (nSPS) is 21.3. The number of hydrogen-bond donors (Lipinski definition) is 1. The van der Waals surface area contributed by atoms with Gasteiger partial charge in [-0.05, 0) is 12.6 Å². The molecule has 1 fully saturated rings. The highest BCUT2D eigenvalue weighted by Gasteiger charge is 2.25. The molecule has 2 unspecified atom stereocenters. The number of aromatic nitrogens is 2. The minimum atomic E-state index is -0.644. The summed E-state index contributed by atoms with van der Waals surface area (Å²) in [5.74, 6) is 0.981. The summed E-state index contributed by atoms with van der Waals surface area (Å²) in [6.45, 7) is 2.33. The van der Waals surface area contributed by atoms with Gasteiger partial charge in [-0.3, -0.25) is 0 Å². The maximum atomic E-state index is 10.2. The minimum Gasteiger partial charge on any atom is -0.388 e. The van der Waals surface area contributed by atoms with Crippen LogP contribution in [0, 0.1) is 0 Å². The third kappa shape index (κ3) is 3.47. The molecule has 6 heteroatoms. The molecule has 1 aromatic heterocycles. The van der Waals surface area contributed by atoms with Crippen LogP contribution in [0.4, 0.5) is 0 Å². The lowest BCUT2D eigenvalue weighted by atomic mass is 10.1. The van der Waals surface area contributed by atoms with Crippen LogP contribution in [0.15, 0.2) is 34.9 Å². The fourth-order valence-corrected chi connectivity index (χ4v) is 2.37. The summed E-state index contributed by atoms with van der Waals surface area (Å²) in [5.41, 5.74) is 0.839. The molecule has 1 aromatic carbocycles. The molecular formula is C15H19N3O3. The molecule has 1 aliphatic rings. The van der Waals surface area contributed by atoms with Crippen molar-refractivity contribution in [3.63, 3.8) is 0 Å². The summed E-state index contributed by atoms with van der Waals surface area (Å²) in [6, 6.07) is 9.45. The summed E-state index contributed by atoms with van der Waals surface area (Å²) >= 11 is 0. The smallest absolute Gasteiger partial charge is 0.229 e. The van der Waals surface area contributed by atoms with E-state index in [0.717, 1.165) is 18.7 Å². The highest BCUT2D eigenvalue weighted by atomic mass is 16.5. The minimum absolute atomic E-state index is 0.157. The first-order valence-corrected chi connectivity index (χ1v) is 7.08. The first-order chi connectivity index (χ1) is 10.2. The maximum absolute atomic E-state index is 10.2. The molecule has 21 heavy (non-hydrogen) atoms. The Morgan fingerprint density at radius 3 is 2.95 bits per heavy atom. The Bertz CT molecular complexity index is 573. The van der Waals surface area contributed by atoms with Crippen molar-refractivity contribution >= 4 is 0 Å². The zero-order valence-corrected chi connectivity index (χ0v) is 12.0. The fourth-order valence-electron chi connectivity index (χ4n) is 2.37. The number of benzene rings is 1. The van der Waals surface area contributed by atoms with Crippen molar-refractivity contribution in [2.24, 2.45) is 0 Å². The van der Waals surface area contributed by atoms with Gasteiger partial charge in [0, 0.05) is 13.1 Å². The van der Waals surface area contributed by atoms with Crippen molar-refractivity contribution in [2.75, 3.05) is 26.7 Å². The van der Waals surface area contributed by atoms with Crippen molar-refractivity contribution in [1.82, 2.24) is 15.0 Å². The second-order valence-corrected chi connectivity index (χ2v) is 5.30. The molecule has 0 aliphatic carbocycles. The lowest BCUT2D eigenvalue weighted by Crippen LogP contribution is -2.35. The van der Waals surface area contributed by atoms with Gasteiger partial charge in [0.2, 0.25) is 11.7 Å². The lowest BCUT2D eigenvalue weighted by Gasteiger charge is -2.27. The van der Waals surface area contributed by atoms with Gasteiger partial charge >= 0.3 is 0 Å². The number of rotatable bonds is 4. The van der Waals surface area contributed by atoms with Crippen LogP contribution in [-0.4, -0.2) is 46.9 Å². The van der Waals surface area contributed by atoms with Gasteiger partial charge in [0.15, 0.2) is 0 Å². The van der Waals surface area contributed by atoms with Gasteiger partial charge in [0.1, 0.15) is 6.10 Å². The van der Waals surface area contributed by atoms with Crippen LogP contribution in [0.2, 0.25) is 0 Å². The molecule has 1 N–H and O–H groups in total. The molecule has 0 bridgehead atoms. The van der Waals surface area contributed by atoms with Crippen LogP contribution in [0.25, 0.3) is 0 Å². The van der Waals surface area contributed by atoms with Gasteiger partial charge in [-0.15, -0.1) is 0 Å². The van der Waals surface area contributed by atoms with Crippen molar-refractivity contribution in [3.05, 3.63) is 47.6 Å². The Balaban J connectivity index is 1.65. The Labute approximate surface area is 123 Å². The van der Waals surface area contributed by atoms with E-state index in [-0.39, 0.29) is 6.10 Å². The summed E-state index contributed by atoms with van der Waals surface area (Å²) in [7, 11) is 2.04. The standard InChI is InChI=1S/C15H19N3O3/c1-18-7-8-20-13(10-18)15-16-14(21-17-15)9-12(19)11-5-3-2-4-6-11/h2-6,12-13,19H,7-10H2,1H3. The van der Waals surface area contributed by atoms with Gasteiger partial charge in [0.05, 0.1) is 19.1 Å². The van der Waals surface area contributed by atoms with Crippen LogP contribution in [-0.2, 0) is 11.2 Å². The average Bonchev–Trinajstić information content (AvgIpc) is 2.97. The number of hydrogen-bond acceptors (Lipinski definition) is 6. The number of morpholine rings is 1. The Kier molecular flexibility index (Phi) is 4.28. The Morgan fingerprint density at radius 1 is 1.38 bits per heavy atom. The first-order valence-electron chi connectivity index (χ1n) is 7.08. The van der Waals surface area contributed by atoms with Crippen LogP contribution < -0.4 is 0 Å². The van der Waals surface area contributed by atoms with Crippen molar-refractivity contribution < 1.29 is 14.4 Å². The maximum Gasteiger partial charge on any atom is 0.229 e. The molecule has 1 saturated heterocycles. The zero-order chi connectivity index (χ0) is 14.7. The highest BCUT2D eigenvalue weighted by molar-refractivity contribution is 5.18. The van der Waals surface area contributed by atoms with E-state index < -0.39 is 6.10 Å².